The van der Waals surface area contributed by atoms with Crippen LogP contribution in [0.2, 0.25) is 0 Å². The first-order chi connectivity index (χ1) is 13.9. The van der Waals surface area contributed by atoms with E-state index in [-0.39, 0.29) is 41.8 Å². The Balaban J connectivity index is 1.70. The minimum Gasteiger partial charge on any atom is -0.458 e. The maximum absolute atomic E-state index is 12.9. The van der Waals surface area contributed by atoms with Gasteiger partial charge in [-0.15, -0.1) is 0 Å². The van der Waals surface area contributed by atoms with Crippen molar-refractivity contribution in [3.8, 4) is 0 Å². The summed E-state index contributed by atoms with van der Waals surface area (Å²) in [4.78, 5) is 36.0. The maximum atomic E-state index is 12.9. The Morgan fingerprint density at radius 1 is 1.20 bits per heavy atom. The van der Waals surface area contributed by atoms with Crippen LogP contribution in [-0.4, -0.2) is 57.3 Å². The summed E-state index contributed by atoms with van der Waals surface area (Å²) in [5.74, 6) is -1.72. The molecule has 4 aliphatic rings. The summed E-state index contributed by atoms with van der Waals surface area (Å²) in [6.07, 6.45) is 2.53. The molecule has 4 aliphatic carbocycles. The van der Waals surface area contributed by atoms with Gasteiger partial charge in [-0.3, -0.25) is 14.4 Å². The van der Waals surface area contributed by atoms with Crippen LogP contribution in [0.15, 0.2) is 11.6 Å². The third kappa shape index (κ3) is 2.85. The second-order valence-corrected chi connectivity index (χ2v) is 10.3. The van der Waals surface area contributed by atoms with Crippen LogP contribution < -0.4 is 0 Å². The predicted molar refractivity (Wildman–Crippen MR) is 106 cm³/mol. The number of hydrogen-bond donors (Lipinski definition) is 3. The number of carbonyl (C=O) groups is 3. The lowest BCUT2D eigenvalue weighted by Crippen LogP contribution is -2.64. The molecule has 3 saturated carbocycles. The predicted octanol–water partition coefficient (Wildman–Crippen LogP) is 1.32. The number of fused-ring (bicyclic) bond motifs is 5. The third-order valence-electron chi connectivity index (χ3n) is 8.94. The molecule has 7 nitrogen and oxygen atoms in total. The van der Waals surface area contributed by atoms with E-state index in [1.54, 1.807) is 6.08 Å². The Bertz CT molecular complexity index is 818. The molecule has 8 atom stereocenters. The zero-order valence-corrected chi connectivity index (χ0v) is 17.9. The molecule has 0 saturated heterocycles. The number of Topliss-reactive ketones (excluding diaryl/α,β-unsaturated/α-hetero) is 1. The number of hydrogen-bond acceptors (Lipinski definition) is 7. The number of carbonyl (C=O) groups excluding carboxylic acids is 3. The van der Waals surface area contributed by atoms with Gasteiger partial charge in [-0.2, -0.15) is 0 Å². The zero-order chi connectivity index (χ0) is 22.1. The van der Waals surface area contributed by atoms with Crippen LogP contribution in [0.25, 0.3) is 0 Å². The molecule has 0 aromatic carbocycles. The summed E-state index contributed by atoms with van der Waals surface area (Å²) in [6.45, 7) is 4.62. The highest BCUT2D eigenvalue weighted by atomic mass is 16.5. The Labute approximate surface area is 176 Å². The van der Waals surface area contributed by atoms with Gasteiger partial charge < -0.3 is 20.1 Å². The Hall–Kier alpha value is -1.57. The highest BCUT2D eigenvalue weighted by Crippen LogP contribution is 2.67. The van der Waals surface area contributed by atoms with E-state index in [0.29, 0.717) is 25.7 Å². The summed E-state index contributed by atoms with van der Waals surface area (Å²) in [6, 6.07) is 0. The van der Waals surface area contributed by atoms with Gasteiger partial charge in [-0.1, -0.05) is 19.4 Å². The van der Waals surface area contributed by atoms with Crippen LogP contribution in [0, 0.1) is 28.6 Å². The third-order valence-corrected chi connectivity index (χ3v) is 8.94. The highest BCUT2D eigenvalue weighted by molar-refractivity contribution is 5.92. The average molecular weight is 421 g/mol. The van der Waals surface area contributed by atoms with Crippen LogP contribution in [0.3, 0.4) is 0 Å². The Morgan fingerprint density at radius 2 is 1.90 bits per heavy atom. The fraction of sp³-hybridized carbons (Fsp3) is 0.783. The number of aliphatic hydroxyl groups is 3. The molecule has 0 aromatic heterocycles. The van der Waals surface area contributed by atoms with Crippen LogP contribution in [-0.2, 0) is 19.1 Å². The van der Waals surface area contributed by atoms with E-state index >= 15 is 0 Å². The van der Waals surface area contributed by atoms with Crippen molar-refractivity contribution >= 4 is 17.5 Å². The van der Waals surface area contributed by atoms with E-state index in [0.717, 1.165) is 5.57 Å². The monoisotopic (exact) mass is 420 g/mol. The zero-order valence-electron chi connectivity index (χ0n) is 17.9. The standard InChI is InChI=1S/C23H32O7/c1-12(24)30-11-18(28)23(29)7-5-15-19-16(26)9-13-8-14(25)4-6-21(13,2)20(19)17(27)10-22(15,23)3/h8,15-17,19-20,26-27,29H,4-7,9-11H2,1-3H3/t15-,16+,17-,19+,20-,21-,22-,23-/m0/s1. The topological polar surface area (TPSA) is 121 Å². The minimum atomic E-state index is -1.71. The summed E-state index contributed by atoms with van der Waals surface area (Å²) in [5.41, 5.74) is -2.10. The first-order valence-corrected chi connectivity index (χ1v) is 10.9. The largest absolute Gasteiger partial charge is 0.458 e. The molecular weight excluding hydrogens is 388 g/mol. The number of rotatable bonds is 3. The van der Waals surface area contributed by atoms with Crippen molar-refractivity contribution in [1.29, 1.82) is 0 Å². The molecule has 7 heteroatoms. The lowest BCUT2D eigenvalue weighted by molar-refractivity contribution is -0.198. The van der Waals surface area contributed by atoms with Gasteiger partial charge in [0.15, 0.2) is 12.4 Å². The van der Waals surface area contributed by atoms with Crippen LogP contribution in [0.4, 0.5) is 0 Å². The normalized spacial score (nSPS) is 47.6. The quantitative estimate of drug-likeness (QED) is 0.589. The molecule has 0 spiro atoms. The number of esters is 1. The molecule has 0 heterocycles. The lowest BCUT2D eigenvalue weighted by Gasteiger charge is -2.61. The molecule has 0 bridgehead atoms. The van der Waals surface area contributed by atoms with E-state index in [1.807, 2.05) is 6.92 Å². The van der Waals surface area contributed by atoms with Gasteiger partial charge in [0.05, 0.1) is 12.2 Å². The molecular formula is C23H32O7. The fourth-order valence-electron chi connectivity index (χ4n) is 7.39. The van der Waals surface area contributed by atoms with E-state index in [2.05, 4.69) is 6.92 Å². The number of aliphatic hydroxyl groups excluding tert-OH is 2. The van der Waals surface area contributed by atoms with E-state index in [9.17, 15) is 29.7 Å². The molecule has 0 aliphatic heterocycles. The first kappa shape index (κ1) is 21.7. The lowest BCUT2D eigenvalue weighted by atomic mass is 9.44. The molecule has 3 fully saturated rings. The van der Waals surface area contributed by atoms with Crippen molar-refractivity contribution in [3.63, 3.8) is 0 Å². The van der Waals surface area contributed by atoms with Crippen molar-refractivity contribution in [3.05, 3.63) is 11.6 Å². The number of ketones is 2. The Kier molecular flexibility index (Phi) is 5.03. The summed E-state index contributed by atoms with van der Waals surface area (Å²) in [5, 5.41) is 33.9. The second-order valence-electron chi connectivity index (χ2n) is 10.3. The molecule has 30 heavy (non-hydrogen) atoms. The van der Waals surface area contributed by atoms with Gasteiger partial charge in [-0.05, 0) is 61.3 Å². The van der Waals surface area contributed by atoms with Crippen molar-refractivity contribution < 1.29 is 34.4 Å². The summed E-state index contributed by atoms with van der Waals surface area (Å²) >= 11 is 0. The smallest absolute Gasteiger partial charge is 0.303 e. The van der Waals surface area contributed by atoms with Crippen molar-refractivity contribution in [2.45, 2.75) is 77.1 Å². The minimum absolute atomic E-state index is 0.0644. The maximum Gasteiger partial charge on any atom is 0.303 e. The molecule has 166 valence electrons. The van der Waals surface area contributed by atoms with Crippen molar-refractivity contribution in [1.82, 2.24) is 0 Å². The van der Waals surface area contributed by atoms with Crippen LogP contribution >= 0.6 is 0 Å². The van der Waals surface area contributed by atoms with Gasteiger partial charge in [-0.25, -0.2) is 0 Å². The Morgan fingerprint density at radius 3 is 2.57 bits per heavy atom. The van der Waals surface area contributed by atoms with Crippen LogP contribution in [0.1, 0.15) is 59.3 Å². The van der Waals surface area contributed by atoms with Crippen molar-refractivity contribution in [2.24, 2.45) is 28.6 Å². The van der Waals surface area contributed by atoms with Crippen molar-refractivity contribution in [2.75, 3.05) is 6.61 Å². The van der Waals surface area contributed by atoms with Gasteiger partial charge in [0.2, 0.25) is 5.78 Å². The highest BCUT2D eigenvalue weighted by Gasteiger charge is 2.69. The average Bonchev–Trinajstić information content (AvgIpc) is 2.92. The van der Waals surface area contributed by atoms with E-state index < -0.39 is 41.6 Å². The molecule has 0 radical (unpaired) electrons. The van der Waals surface area contributed by atoms with Crippen LogP contribution in [0.5, 0.6) is 0 Å². The van der Waals surface area contributed by atoms with Gasteiger partial charge >= 0.3 is 5.97 Å². The fourth-order valence-corrected chi connectivity index (χ4v) is 7.39. The van der Waals surface area contributed by atoms with E-state index in [4.69, 9.17) is 4.74 Å². The molecule has 3 N–H and O–H groups in total. The first-order valence-electron chi connectivity index (χ1n) is 10.9. The SMILES string of the molecule is CC(=O)OCC(=O)[C@@]1(O)CC[C@H]2[C@H]3[C@H]([C@@H](O)C[C@@]21C)[C@@]1(C)CCC(=O)C=C1C[C@H]3O. The summed E-state index contributed by atoms with van der Waals surface area (Å²) in [7, 11) is 0. The molecule has 0 unspecified atom stereocenters. The second kappa shape index (κ2) is 6.97. The molecule has 0 aromatic rings. The van der Waals surface area contributed by atoms with Gasteiger partial charge in [0, 0.05) is 18.8 Å². The van der Waals surface area contributed by atoms with E-state index in [1.165, 1.54) is 6.92 Å². The van der Waals surface area contributed by atoms with Gasteiger partial charge in [0.25, 0.3) is 0 Å². The van der Waals surface area contributed by atoms with Gasteiger partial charge in [0.1, 0.15) is 5.60 Å². The molecule has 4 rings (SSSR count). The molecule has 0 amide bonds. The summed E-state index contributed by atoms with van der Waals surface area (Å²) < 4.78 is 4.86. The number of ether oxygens (including phenoxy) is 1.